The van der Waals surface area contributed by atoms with Crippen molar-refractivity contribution in [3.8, 4) is 0 Å². The zero-order chi connectivity index (χ0) is 25.2. The van der Waals surface area contributed by atoms with Gasteiger partial charge in [-0.3, -0.25) is 14.4 Å². The number of imide groups is 1. The first kappa shape index (κ1) is 22.9. The molecule has 4 nitrogen and oxygen atoms in total. The van der Waals surface area contributed by atoms with E-state index in [4.69, 9.17) is 11.6 Å². The molecule has 0 N–H and O–H groups in total. The van der Waals surface area contributed by atoms with Gasteiger partial charge in [0.25, 0.3) is 0 Å². The lowest BCUT2D eigenvalue weighted by Crippen LogP contribution is -2.41. The van der Waals surface area contributed by atoms with E-state index in [0.717, 1.165) is 22.3 Å². The molecule has 0 aromatic heterocycles. The van der Waals surface area contributed by atoms with E-state index in [2.05, 4.69) is 0 Å². The number of benzene rings is 3. The molecule has 36 heavy (non-hydrogen) atoms. The van der Waals surface area contributed by atoms with Crippen molar-refractivity contribution in [3.05, 3.63) is 101 Å². The first-order valence-electron chi connectivity index (χ1n) is 12.5. The molecule has 2 fully saturated rings. The van der Waals surface area contributed by atoms with Gasteiger partial charge in [0.1, 0.15) is 0 Å². The smallest absolute Gasteiger partial charge is 0.239 e. The summed E-state index contributed by atoms with van der Waals surface area (Å²) >= 11 is 6.24. The number of Topliss-reactive ketones (excluding diaryl/α,β-unsaturated/α-hetero) is 1. The van der Waals surface area contributed by atoms with Crippen LogP contribution in [0.25, 0.3) is 11.1 Å². The summed E-state index contributed by atoms with van der Waals surface area (Å²) in [6.45, 7) is 3.94. The molecule has 1 saturated heterocycles. The van der Waals surface area contributed by atoms with E-state index in [1.165, 1.54) is 4.90 Å². The second-order valence-corrected chi connectivity index (χ2v) is 10.3. The topological polar surface area (TPSA) is 54.5 Å². The quantitative estimate of drug-likeness (QED) is 0.382. The Labute approximate surface area is 215 Å². The van der Waals surface area contributed by atoms with Crippen LogP contribution in [0.1, 0.15) is 37.8 Å². The van der Waals surface area contributed by atoms with Crippen molar-refractivity contribution >= 4 is 46.0 Å². The molecule has 2 amide bonds. The second kappa shape index (κ2) is 8.01. The number of rotatable bonds is 5. The van der Waals surface area contributed by atoms with Crippen molar-refractivity contribution in [1.29, 1.82) is 0 Å². The molecule has 3 aromatic carbocycles. The van der Waals surface area contributed by atoms with Gasteiger partial charge in [-0.25, -0.2) is 4.90 Å². The maximum atomic E-state index is 14.7. The minimum absolute atomic E-state index is 0.0140. The Hall–Kier alpha value is -3.50. The summed E-state index contributed by atoms with van der Waals surface area (Å²) < 4.78 is 0. The number of hydrogen-bond acceptors (Lipinski definition) is 3. The number of carbonyl (C=O) groups excluding carboxylic acids is 3. The Morgan fingerprint density at radius 1 is 0.694 bits per heavy atom. The zero-order valence-electron chi connectivity index (χ0n) is 20.2. The second-order valence-electron chi connectivity index (χ2n) is 9.91. The van der Waals surface area contributed by atoms with Crippen LogP contribution in [0.4, 0.5) is 5.69 Å². The number of hydrogen-bond donors (Lipinski definition) is 0. The van der Waals surface area contributed by atoms with Gasteiger partial charge in [-0.2, -0.15) is 0 Å². The van der Waals surface area contributed by atoms with Crippen molar-refractivity contribution in [2.45, 2.75) is 26.7 Å². The fraction of sp³-hybridized carbons (Fsp3) is 0.258. The highest BCUT2D eigenvalue weighted by Crippen LogP contribution is 2.75. The van der Waals surface area contributed by atoms with E-state index in [0.29, 0.717) is 23.6 Å². The highest BCUT2D eigenvalue weighted by molar-refractivity contribution is 6.35. The molecule has 180 valence electrons. The number of fused-ring (bicyclic) bond motifs is 5. The number of allylic oxidation sites excluding steroid dienone is 2. The lowest BCUT2D eigenvalue weighted by atomic mass is 9.60. The number of amides is 2. The van der Waals surface area contributed by atoms with Gasteiger partial charge in [0.15, 0.2) is 5.78 Å². The lowest BCUT2D eigenvalue weighted by molar-refractivity contribution is -0.134. The molecule has 1 saturated carbocycles. The molecule has 1 aliphatic heterocycles. The first-order chi connectivity index (χ1) is 17.4. The molecular formula is C31H26ClNO3. The van der Waals surface area contributed by atoms with Crippen LogP contribution in [0, 0.1) is 22.7 Å². The molecule has 6 rings (SSSR count). The third kappa shape index (κ3) is 2.63. The predicted octanol–water partition coefficient (Wildman–Crippen LogP) is 6.45. The molecule has 0 radical (unpaired) electrons. The molecule has 0 unspecified atom stereocenters. The number of anilines is 1. The predicted molar refractivity (Wildman–Crippen MR) is 141 cm³/mol. The molecular weight excluding hydrogens is 470 g/mol. The minimum Gasteiger partial charge on any atom is -0.298 e. The molecule has 3 aliphatic rings. The van der Waals surface area contributed by atoms with Crippen LogP contribution in [0.15, 0.2) is 84.9 Å². The average Bonchev–Trinajstić information content (AvgIpc) is 3.40. The number of nitrogens with zero attached hydrogens (tertiary/aromatic N) is 1. The van der Waals surface area contributed by atoms with Crippen LogP contribution in [0.5, 0.6) is 0 Å². The molecule has 2 aliphatic carbocycles. The van der Waals surface area contributed by atoms with E-state index < -0.39 is 22.7 Å². The van der Waals surface area contributed by atoms with Crippen LogP contribution in [-0.2, 0) is 14.4 Å². The van der Waals surface area contributed by atoms with E-state index in [-0.39, 0.29) is 17.6 Å². The number of carbonyl (C=O) groups is 3. The van der Waals surface area contributed by atoms with E-state index >= 15 is 0 Å². The van der Waals surface area contributed by atoms with Gasteiger partial charge in [-0.05, 0) is 53.3 Å². The number of ketones is 1. The van der Waals surface area contributed by atoms with E-state index in [1.807, 2.05) is 74.5 Å². The van der Waals surface area contributed by atoms with Gasteiger partial charge in [-0.15, -0.1) is 0 Å². The van der Waals surface area contributed by atoms with Crippen molar-refractivity contribution in [2.75, 3.05) is 4.90 Å². The summed E-state index contributed by atoms with van der Waals surface area (Å²) in [6.07, 6.45) is 0.884. The maximum absolute atomic E-state index is 14.7. The van der Waals surface area contributed by atoms with Gasteiger partial charge in [0.05, 0.1) is 28.4 Å². The third-order valence-corrected chi connectivity index (χ3v) is 8.86. The van der Waals surface area contributed by atoms with Crippen LogP contribution >= 0.6 is 11.6 Å². The Kier molecular flexibility index (Phi) is 5.10. The number of halogens is 1. The van der Waals surface area contributed by atoms with E-state index in [9.17, 15) is 14.4 Å². The van der Waals surface area contributed by atoms with Crippen molar-refractivity contribution in [1.82, 2.24) is 0 Å². The highest BCUT2D eigenvalue weighted by atomic mass is 35.5. The first-order valence-corrected chi connectivity index (χ1v) is 12.9. The molecule has 2 bridgehead atoms. The Bertz CT molecular complexity index is 1360. The monoisotopic (exact) mass is 495 g/mol. The van der Waals surface area contributed by atoms with Crippen LogP contribution in [0.2, 0.25) is 5.02 Å². The van der Waals surface area contributed by atoms with Crippen molar-refractivity contribution < 1.29 is 14.4 Å². The van der Waals surface area contributed by atoms with Crippen LogP contribution in [0.3, 0.4) is 0 Å². The summed E-state index contributed by atoms with van der Waals surface area (Å²) in [7, 11) is 0. The largest absolute Gasteiger partial charge is 0.298 e. The Morgan fingerprint density at radius 2 is 1.17 bits per heavy atom. The third-order valence-electron chi connectivity index (χ3n) is 8.63. The van der Waals surface area contributed by atoms with Crippen LogP contribution in [-0.4, -0.2) is 17.6 Å². The van der Waals surface area contributed by atoms with E-state index in [1.54, 1.807) is 24.3 Å². The van der Waals surface area contributed by atoms with Crippen LogP contribution < -0.4 is 4.90 Å². The lowest BCUT2D eigenvalue weighted by Gasteiger charge is -2.38. The summed E-state index contributed by atoms with van der Waals surface area (Å²) in [5.41, 5.74) is 1.97. The molecule has 0 spiro atoms. The molecule has 5 heteroatoms. The molecule has 3 aromatic rings. The van der Waals surface area contributed by atoms with Gasteiger partial charge < -0.3 is 0 Å². The van der Waals surface area contributed by atoms with Gasteiger partial charge in [0, 0.05) is 5.02 Å². The standard InChI is InChI=1S/C31H26ClNO3/c1-3-30-23(19-12-7-5-8-13-19)24(20-14-9-6-10-15-20)31(4-2,29(30)36)26-25(30)27(34)33(28(26)35)22-17-11-16-21(32)18-22/h5-18,25-26H,3-4H2,1-2H3/t25-,26-,30-,31+/m1/s1. The van der Waals surface area contributed by atoms with Gasteiger partial charge in [-0.1, -0.05) is 92.2 Å². The highest BCUT2D eigenvalue weighted by Gasteiger charge is 2.80. The SMILES string of the molecule is CC[C@]12C(=O)[C@](CC)(C(c3ccccc3)=C1c1ccccc1)[C@H]1C(=O)N(c3cccc(Cl)c3)C(=O)[C@@H]12. The van der Waals surface area contributed by atoms with Gasteiger partial charge >= 0.3 is 0 Å². The molecule has 1 heterocycles. The summed E-state index contributed by atoms with van der Waals surface area (Å²) in [6, 6.07) is 26.6. The fourth-order valence-corrected chi connectivity index (χ4v) is 7.51. The fourth-order valence-electron chi connectivity index (χ4n) is 7.32. The summed E-state index contributed by atoms with van der Waals surface area (Å²) in [4.78, 5) is 44.3. The normalized spacial score (nSPS) is 28.9. The Morgan fingerprint density at radius 3 is 1.58 bits per heavy atom. The van der Waals surface area contributed by atoms with Crippen molar-refractivity contribution in [3.63, 3.8) is 0 Å². The average molecular weight is 496 g/mol. The van der Waals surface area contributed by atoms with Gasteiger partial charge in [0.2, 0.25) is 11.8 Å². The summed E-state index contributed by atoms with van der Waals surface area (Å²) in [5.74, 6) is -2.09. The molecule has 4 atom stereocenters. The summed E-state index contributed by atoms with van der Waals surface area (Å²) in [5, 5.41) is 0.452. The minimum atomic E-state index is -1.08. The zero-order valence-corrected chi connectivity index (χ0v) is 21.0. The van der Waals surface area contributed by atoms with Crippen molar-refractivity contribution in [2.24, 2.45) is 22.7 Å². The Balaban J connectivity index is 1.68. The maximum Gasteiger partial charge on any atom is 0.239 e.